The Kier molecular flexibility index (Phi) is 8.91. The number of fused-ring (bicyclic) bond motifs is 1. The van der Waals surface area contributed by atoms with Crippen molar-refractivity contribution in [3.63, 3.8) is 0 Å². The van der Waals surface area contributed by atoms with E-state index in [1.165, 1.54) is 12.8 Å². The summed E-state index contributed by atoms with van der Waals surface area (Å²) in [5, 5.41) is 5.67. The summed E-state index contributed by atoms with van der Waals surface area (Å²) in [5.74, 6) is 0.416. The number of aliphatic imine (C=N–C) groups is 1. The zero-order valence-electron chi connectivity index (χ0n) is 13.4. The molecule has 0 radical (unpaired) electrons. The first-order valence-corrected chi connectivity index (χ1v) is 7.92. The summed E-state index contributed by atoms with van der Waals surface area (Å²) in [6, 6.07) is 0.540. The van der Waals surface area contributed by atoms with Gasteiger partial charge in [-0.2, -0.15) is 13.2 Å². The molecule has 0 aromatic rings. The van der Waals surface area contributed by atoms with E-state index in [0.717, 1.165) is 19.7 Å². The Labute approximate surface area is 152 Å². The maximum Gasteiger partial charge on any atom is 0.390 e. The van der Waals surface area contributed by atoms with Gasteiger partial charge >= 0.3 is 6.18 Å². The van der Waals surface area contributed by atoms with Crippen molar-refractivity contribution in [2.45, 2.75) is 44.5 Å². The van der Waals surface area contributed by atoms with Gasteiger partial charge in [-0.15, -0.1) is 24.0 Å². The average molecular weight is 450 g/mol. The van der Waals surface area contributed by atoms with E-state index < -0.39 is 12.6 Å². The van der Waals surface area contributed by atoms with Gasteiger partial charge in [0.15, 0.2) is 5.96 Å². The zero-order valence-corrected chi connectivity index (χ0v) is 15.7. The highest BCUT2D eigenvalue weighted by Gasteiger charge is 2.32. The lowest BCUT2D eigenvalue weighted by molar-refractivity contribution is -0.132. The van der Waals surface area contributed by atoms with Gasteiger partial charge in [0.25, 0.3) is 0 Å². The molecule has 2 N–H and O–H groups in total. The molecule has 0 aromatic carbocycles. The van der Waals surface area contributed by atoms with Gasteiger partial charge in [0, 0.05) is 25.7 Å². The third-order valence-corrected chi connectivity index (χ3v) is 3.96. The third kappa shape index (κ3) is 7.42. The van der Waals surface area contributed by atoms with E-state index in [1.807, 2.05) is 6.92 Å². The Morgan fingerprint density at radius 3 is 2.83 bits per heavy atom. The standard InChI is InChI=1S/C14H25F3N4O.HI/c1-2-18-13(19-6-5-14(15,16)17)20-8-12-9-21-7-3-4-11(21)10-22-12;/h11-12H,2-10H2,1H3,(H2,18,19,20);1H. The molecule has 23 heavy (non-hydrogen) atoms. The van der Waals surface area contributed by atoms with E-state index in [2.05, 4.69) is 20.5 Å². The topological polar surface area (TPSA) is 48.9 Å². The summed E-state index contributed by atoms with van der Waals surface area (Å²) in [7, 11) is 0. The molecular weight excluding hydrogens is 424 g/mol. The molecule has 0 amide bonds. The SMILES string of the molecule is CCNC(=NCC1CN2CCCC2CO1)NCCC(F)(F)F.I. The van der Waals surface area contributed by atoms with E-state index in [0.29, 0.717) is 25.1 Å². The summed E-state index contributed by atoms with van der Waals surface area (Å²) in [4.78, 5) is 6.77. The molecule has 9 heteroatoms. The van der Waals surface area contributed by atoms with Gasteiger partial charge in [-0.3, -0.25) is 9.89 Å². The number of ether oxygens (including phenoxy) is 1. The summed E-state index contributed by atoms with van der Waals surface area (Å²) in [6.07, 6.45) is -2.59. The monoisotopic (exact) mass is 450 g/mol. The number of nitrogens with zero attached hydrogens (tertiary/aromatic N) is 2. The van der Waals surface area contributed by atoms with E-state index in [-0.39, 0.29) is 36.6 Å². The van der Waals surface area contributed by atoms with Gasteiger partial charge in [0.2, 0.25) is 0 Å². The van der Waals surface area contributed by atoms with E-state index in [9.17, 15) is 13.2 Å². The fourth-order valence-electron chi connectivity index (χ4n) is 2.85. The number of halogens is 4. The van der Waals surface area contributed by atoms with Crippen molar-refractivity contribution in [1.29, 1.82) is 0 Å². The second-order valence-electron chi connectivity index (χ2n) is 5.76. The number of hydrogen-bond acceptors (Lipinski definition) is 3. The molecule has 0 spiro atoms. The molecule has 0 bridgehead atoms. The number of alkyl halides is 3. The van der Waals surface area contributed by atoms with E-state index in [4.69, 9.17) is 4.74 Å². The van der Waals surface area contributed by atoms with Crippen molar-refractivity contribution in [3.8, 4) is 0 Å². The molecule has 0 saturated carbocycles. The van der Waals surface area contributed by atoms with Crippen molar-refractivity contribution in [2.24, 2.45) is 4.99 Å². The quantitative estimate of drug-likeness (QED) is 0.382. The van der Waals surface area contributed by atoms with Gasteiger partial charge in [-0.05, 0) is 26.3 Å². The summed E-state index contributed by atoms with van der Waals surface area (Å²) < 4.78 is 42.3. The molecule has 2 aliphatic rings. The van der Waals surface area contributed by atoms with Crippen molar-refractivity contribution in [2.75, 3.05) is 39.3 Å². The van der Waals surface area contributed by atoms with Crippen LogP contribution in [0.3, 0.4) is 0 Å². The minimum Gasteiger partial charge on any atom is -0.373 e. The van der Waals surface area contributed by atoms with Gasteiger partial charge in [0.05, 0.1) is 25.7 Å². The van der Waals surface area contributed by atoms with E-state index in [1.54, 1.807) is 0 Å². The maximum atomic E-state index is 12.2. The van der Waals surface area contributed by atoms with Crippen LogP contribution in [0.4, 0.5) is 13.2 Å². The number of nitrogens with one attached hydrogen (secondary N) is 2. The lowest BCUT2D eigenvalue weighted by Gasteiger charge is -2.34. The summed E-state index contributed by atoms with van der Waals surface area (Å²) in [5.41, 5.74) is 0. The Balaban J connectivity index is 0.00000264. The molecule has 2 unspecified atom stereocenters. The third-order valence-electron chi connectivity index (χ3n) is 3.96. The summed E-state index contributed by atoms with van der Waals surface area (Å²) >= 11 is 0. The maximum absolute atomic E-state index is 12.2. The minimum absolute atomic E-state index is 0. The van der Waals surface area contributed by atoms with Crippen LogP contribution in [0.5, 0.6) is 0 Å². The van der Waals surface area contributed by atoms with Gasteiger partial charge < -0.3 is 15.4 Å². The van der Waals surface area contributed by atoms with Gasteiger partial charge in [-0.25, -0.2) is 0 Å². The minimum atomic E-state index is -4.15. The molecule has 136 valence electrons. The average Bonchev–Trinajstić information content (AvgIpc) is 2.91. The number of guanidine groups is 1. The smallest absolute Gasteiger partial charge is 0.373 e. The number of hydrogen-bond donors (Lipinski definition) is 2. The molecule has 2 aliphatic heterocycles. The second kappa shape index (κ2) is 9.87. The van der Waals surface area contributed by atoms with Crippen LogP contribution in [0.2, 0.25) is 0 Å². The summed E-state index contributed by atoms with van der Waals surface area (Å²) in [6.45, 7) is 5.48. The lowest BCUT2D eigenvalue weighted by Crippen LogP contribution is -2.47. The molecule has 0 aromatic heterocycles. The Hall–Kier alpha value is -0.290. The van der Waals surface area contributed by atoms with Crippen LogP contribution < -0.4 is 10.6 Å². The zero-order chi connectivity index (χ0) is 16.0. The first-order valence-electron chi connectivity index (χ1n) is 7.92. The Morgan fingerprint density at radius 1 is 1.35 bits per heavy atom. The normalized spacial score (nSPS) is 25.7. The highest BCUT2D eigenvalue weighted by atomic mass is 127. The number of rotatable bonds is 5. The highest BCUT2D eigenvalue weighted by Crippen LogP contribution is 2.22. The fourth-order valence-corrected chi connectivity index (χ4v) is 2.85. The predicted molar refractivity (Wildman–Crippen MR) is 94.4 cm³/mol. The number of morpholine rings is 1. The van der Waals surface area contributed by atoms with Crippen LogP contribution in [0.1, 0.15) is 26.2 Å². The first kappa shape index (κ1) is 20.8. The van der Waals surface area contributed by atoms with Crippen molar-refractivity contribution in [1.82, 2.24) is 15.5 Å². The van der Waals surface area contributed by atoms with Crippen LogP contribution in [0.25, 0.3) is 0 Å². The molecule has 2 atom stereocenters. The van der Waals surface area contributed by atoms with Crippen LogP contribution in [0.15, 0.2) is 4.99 Å². The van der Waals surface area contributed by atoms with E-state index >= 15 is 0 Å². The van der Waals surface area contributed by atoms with Crippen LogP contribution in [-0.2, 0) is 4.74 Å². The van der Waals surface area contributed by atoms with Crippen LogP contribution >= 0.6 is 24.0 Å². The van der Waals surface area contributed by atoms with Crippen LogP contribution in [0, 0.1) is 0 Å². The molecule has 2 saturated heterocycles. The Bertz CT molecular complexity index is 382. The molecular formula is C14H26F3IN4O. The van der Waals surface area contributed by atoms with Crippen molar-refractivity contribution < 1.29 is 17.9 Å². The Morgan fingerprint density at radius 2 is 2.13 bits per heavy atom. The van der Waals surface area contributed by atoms with Crippen LogP contribution in [-0.4, -0.2) is 68.5 Å². The fraction of sp³-hybridized carbons (Fsp3) is 0.929. The molecule has 2 heterocycles. The largest absolute Gasteiger partial charge is 0.390 e. The predicted octanol–water partition coefficient (Wildman–Crippen LogP) is 1.98. The highest BCUT2D eigenvalue weighted by molar-refractivity contribution is 14.0. The van der Waals surface area contributed by atoms with Crippen molar-refractivity contribution in [3.05, 3.63) is 0 Å². The van der Waals surface area contributed by atoms with Gasteiger partial charge in [0.1, 0.15) is 0 Å². The molecule has 2 fully saturated rings. The lowest BCUT2D eigenvalue weighted by atomic mass is 10.2. The van der Waals surface area contributed by atoms with Gasteiger partial charge in [-0.1, -0.05) is 0 Å². The molecule has 2 rings (SSSR count). The molecule has 0 aliphatic carbocycles. The second-order valence-corrected chi connectivity index (χ2v) is 5.76. The van der Waals surface area contributed by atoms with Crippen molar-refractivity contribution >= 4 is 29.9 Å². The first-order chi connectivity index (χ1) is 10.5. The molecule has 5 nitrogen and oxygen atoms in total.